The third kappa shape index (κ3) is 1.11. The number of carbonyl (C=O) groups is 1. The molecule has 78 valence electrons. The molecule has 2 aliphatic heterocycles. The molecule has 1 aromatic carbocycles. The molecule has 4 heteroatoms. The summed E-state index contributed by atoms with van der Waals surface area (Å²) in [5.74, 6) is 1.92. The van der Waals surface area contributed by atoms with E-state index in [1.54, 1.807) is 12.1 Å². The molecule has 0 aliphatic carbocycles. The smallest absolute Gasteiger partial charge is 0.231 e. The predicted molar refractivity (Wildman–Crippen MR) is 51.6 cm³/mol. The number of ether oxygens (including phenoxy) is 3. The lowest BCUT2D eigenvalue weighted by Crippen LogP contribution is -2.18. The molecule has 2 aliphatic rings. The summed E-state index contributed by atoms with van der Waals surface area (Å²) in [5.41, 5.74) is 0.603. The lowest BCUT2D eigenvalue weighted by molar-refractivity contribution is 0.0852. The van der Waals surface area contributed by atoms with Crippen molar-refractivity contribution >= 4 is 5.78 Å². The molecule has 3 rings (SSSR count). The summed E-state index contributed by atoms with van der Waals surface area (Å²) in [4.78, 5) is 11.8. The molecule has 0 N–H and O–H groups in total. The summed E-state index contributed by atoms with van der Waals surface area (Å²) >= 11 is 0. The largest absolute Gasteiger partial charge is 0.481 e. The summed E-state index contributed by atoms with van der Waals surface area (Å²) in [5, 5.41) is 0. The van der Waals surface area contributed by atoms with Crippen molar-refractivity contribution in [3.05, 3.63) is 17.7 Å². The Morgan fingerprint density at radius 2 is 2.00 bits per heavy atom. The van der Waals surface area contributed by atoms with Crippen LogP contribution >= 0.6 is 0 Å². The molecule has 0 bridgehead atoms. The second-order valence-corrected chi connectivity index (χ2v) is 3.58. The molecule has 2 heterocycles. The van der Waals surface area contributed by atoms with E-state index >= 15 is 0 Å². The average Bonchev–Trinajstić information content (AvgIpc) is 2.80. The Labute approximate surface area is 86.7 Å². The number of fused-ring (bicyclic) bond motifs is 2. The summed E-state index contributed by atoms with van der Waals surface area (Å²) in [7, 11) is 0. The van der Waals surface area contributed by atoms with Crippen LogP contribution in [0.2, 0.25) is 0 Å². The van der Waals surface area contributed by atoms with E-state index in [1.165, 1.54) is 0 Å². The van der Waals surface area contributed by atoms with Gasteiger partial charge in [0.2, 0.25) is 12.6 Å². The second kappa shape index (κ2) is 2.89. The van der Waals surface area contributed by atoms with Crippen molar-refractivity contribution in [2.24, 2.45) is 0 Å². The van der Waals surface area contributed by atoms with E-state index in [4.69, 9.17) is 14.2 Å². The molecule has 0 aromatic heterocycles. The number of rotatable bonds is 1. The SMILES string of the molecule is CCC1Oc2cc3c(cc2C1=O)OCO3. The van der Waals surface area contributed by atoms with Gasteiger partial charge >= 0.3 is 0 Å². The van der Waals surface area contributed by atoms with Crippen LogP contribution in [0, 0.1) is 0 Å². The summed E-state index contributed by atoms with van der Waals surface area (Å²) in [6.45, 7) is 2.14. The maximum atomic E-state index is 11.8. The molecule has 0 spiro atoms. The van der Waals surface area contributed by atoms with Gasteiger partial charge in [-0.05, 0) is 12.5 Å². The van der Waals surface area contributed by atoms with Gasteiger partial charge < -0.3 is 14.2 Å². The summed E-state index contributed by atoms with van der Waals surface area (Å²) in [6.07, 6.45) is 0.336. The van der Waals surface area contributed by atoms with Crippen LogP contribution in [0.5, 0.6) is 17.2 Å². The fourth-order valence-electron chi connectivity index (χ4n) is 1.86. The lowest BCUT2D eigenvalue weighted by atomic mass is 10.1. The van der Waals surface area contributed by atoms with E-state index in [1.807, 2.05) is 6.92 Å². The van der Waals surface area contributed by atoms with E-state index in [2.05, 4.69) is 0 Å². The van der Waals surface area contributed by atoms with Crippen LogP contribution in [-0.2, 0) is 0 Å². The zero-order valence-electron chi connectivity index (χ0n) is 8.28. The maximum absolute atomic E-state index is 11.8. The molecular weight excluding hydrogens is 196 g/mol. The minimum absolute atomic E-state index is 0.0331. The number of ketones is 1. The zero-order valence-corrected chi connectivity index (χ0v) is 8.28. The number of hydrogen-bond acceptors (Lipinski definition) is 4. The van der Waals surface area contributed by atoms with Crippen LogP contribution in [0.4, 0.5) is 0 Å². The molecule has 4 nitrogen and oxygen atoms in total. The fraction of sp³-hybridized carbons (Fsp3) is 0.364. The van der Waals surface area contributed by atoms with Crippen molar-refractivity contribution in [1.82, 2.24) is 0 Å². The van der Waals surface area contributed by atoms with Gasteiger partial charge in [0.1, 0.15) is 5.75 Å². The molecule has 15 heavy (non-hydrogen) atoms. The molecule has 0 amide bonds. The van der Waals surface area contributed by atoms with Gasteiger partial charge in [0.05, 0.1) is 5.56 Å². The first-order valence-corrected chi connectivity index (χ1v) is 4.94. The Hall–Kier alpha value is -1.71. The van der Waals surface area contributed by atoms with Gasteiger partial charge in [-0.25, -0.2) is 0 Å². The van der Waals surface area contributed by atoms with Crippen LogP contribution in [-0.4, -0.2) is 18.7 Å². The molecule has 0 saturated heterocycles. The third-order valence-corrected chi connectivity index (χ3v) is 2.67. The Bertz CT molecular complexity index is 438. The van der Waals surface area contributed by atoms with E-state index < -0.39 is 0 Å². The highest BCUT2D eigenvalue weighted by atomic mass is 16.7. The minimum atomic E-state index is -0.345. The Balaban J connectivity index is 2.09. The number of Topliss-reactive ketones (excluding diaryl/α,β-unsaturated/α-hetero) is 1. The predicted octanol–water partition coefficient (Wildman–Crippen LogP) is 1.77. The van der Waals surface area contributed by atoms with Gasteiger partial charge in [-0.3, -0.25) is 4.79 Å². The number of hydrogen-bond donors (Lipinski definition) is 0. The lowest BCUT2D eigenvalue weighted by Gasteiger charge is -2.04. The highest BCUT2D eigenvalue weighted by Crippen LogP contribution is 2.41. The molecule has 0 radical (unpaired) electrons. The van der Waals surface area contributed by atoms with Gasteiger partial charge in [0, 0.05) is 6.07 Å². The van der Waals surface area contributed by atoms with Crippen molar-refractivity contribution in [2.75, 3.05) is 6.79 Å². The van der Waals surface area contributed by atoms with Gasteiger partial charge in [-0.1, -0.05) is 6.92 Å². The van der Waals surface area contributed by atoms with Crippen LogP contribution in [0.15, 0.2) is 12.1 Å². The van der Waals surface area contributed by atoms with E-state index in [0.717, 1.165) is 0 Å². The molecule has 1 aromatic rings. The Morgan fingerprint density at radius 3 is 2.73 bits per heavy atom. The normalized spacial score (nSPS) is 21.4. The second-order valence-electron chi connectivity index (χ2n) is 3.58. The Morgan fingerprint density at radius 1 is 1.27 bits per heavy atom. The van der Waals surface area contributed by atoms with E-state index in [9.17, 15) is 4.79 Å². The quantitative estimate of drug-likeness (QED) is 0.702. The number of carbonyl (C=O) groups excluding carboxylic acids is 1. The Kier molecular flexibility index (Phi) is 1.65. The first-order chi connectivity index (χ1) is 7.29. The third-order valence-electron chi connectivity index (χ3n) is 2.67. The van der Waals surface area contributed by atoms with E-state index in [0.29, 0.717) is 29.2 Å². The average molecular weight is 206 g/mol. The van der Waals surface area contributed by atoms with Crippen LogP contribution in [0.1, 0.15) is 23.7 Å². The van der Waals surface area contributed by atoms with Gasteiger partial charge in [-0.15, -0.1) is 0 Å². The highest BCUT2D eigenvalue weighted by molar-refractivity contribution is 6.05. The summed E-state index contributed by atoms with van der Waals surface area (Å²) < 4.78 is 15.9. The number of benzene rings is 1. The molecule has 0 saturated carbocycles. The first-order valence-electron chi connectivity index (χ1n) is 4.94. The van der Waals surface area contributed by atoms with Crippen molar-refractivity contribution in [3.8, 4) is 17.2 Å². The van der Waals surface area contributed by atoms with Gasteiger partial charge in [0.15, 0.2) is 17.6 Å². The van der Waals surface area contributed by atoms with E-state index in [-0.39, 0.29) is 18.7 Å². The van der Waals surface area contributed by atoms with Crippen molar-refractivity contribution < 1.29 is 19.0 Å². The molecule has 0 fully saturated rings. The maximum Gasteiger partial charge on any atom is 0.231 e. The molecular formula is C11H10O4. The minimum Gasteiger partial charge on any atom is -0.481 e. The fourth-order valence-corrected chi connectivity index (χ4v) is 1.86. The van der Waals surface area contributed by atoms with Crippen molar-refractivity contribution in [2.45, 2.75) is 19.4 Å². The summed E-state index contributed by atoms with van der Waals surface area (Å²) in [6, 6.07) is 3.43. The van der Waals surface area contributed by atoms with Crippen LogP contribution in [0.25, 0.3) is 0 Å². The topological polar surface area (TPSA) is 44.8 Å². The highest BCUT2D eigenvalue weighted by Gasteiger charge is 2.33. The van der Waals surface area contributed by atoms with Crippen molar-refractivity contribution in [1.29, 1.82) is 0 Å². The van der Waals surface area contributed by atoms with Crippen LogP contribution < -0.4 is 14.2 Å². The standard InChI is InChI=1S/C11H10O4/c1-2-7-11(12)6-3-9-10(14-5-13-9)4-8(6)15-7/h3-4,7H,2,5H2,1H3. The molecule has 1 unspecified atom stereocenters. The van der Waals surface area contributed by atoms with Gasteiger partial charge in [0.25, 0.3) is 0 Å². The monoisotopic (exact) mass is 206 g/mol. The van der Waals surface area contributed by atoms with Gasteiger partial charge in [-0.2, -0.15) is 0 Å². The van der Waals surface area contributed by atoms with Crippen LogP contribution in [0.3, 0.4) is 0 Å². The molecule has 1 atom stereocenters. The van der Waals surface area contributed by atoms with Crippen molar-refractivity contribution in [3.63, 3.8) is 0 Å². The first kappa shape index (κ1) is 8.59. The zero-order chi connectivity index (χ0) is 10.4.